The highest BCUT2D eigenvalue weighted by Crippen LogP contribution is 2.23. The molecule has 0 fully saturated rings. The molecule has 0 radical (unpaired) electrons. The molecule has 0 atom stereocenters. The van der Waals surface area contributed by atoms with Gasteiger partial charge in [-0.1, -0.05) is 0 Å². The molecule has 0 aliphatic carbocycles. The predicted octanol–water partition coefficient (Wildman–Crippen LogP) is 2.20. The molecule has 3 heteroatoms. The highest BCUT2D eigenvalue weighted by Gasteiger charge is 2.00. The summed E-state index contributed by atoms with van der Waals surface area (Å²) in [5.74, 6) is 0.738. The molecule has 0 spiro atoms. The first kappa shape index (κ1) is 8.40. The van der Waals surface area contributed by atoms with Gasteiger partial charge in [-0.15, -0.1) is 11.8 Å². The number of hydrogen-bond acceptors (Lipinski definition) is 3. The van der Waals surface area contributed by atoms with E-state index in [1.807, 2.05) is 25.3 Å². The van der Waals surface area contributed by atoms with Crippen LogP contribution < -0.4 is 4.74 Å². The Kier molecular flexibility index (Phi) is 3.23. The second-order valence-electron chi connectivity index (χ2n) is 1.94. The molecule has 60 valence electrons. The quantitative estimate of drug-likeness (QED) is 0.648. The van der Waals surface area contributed by atoms with E-state index in [-0.39, 0.29) is 0 Å². The van der Waals surface area contributed by atoms with Crippen molar-refractivity contribution < 1.29 is 4.74 Å². The molecule has 2 nitrogen and oxygen atoms in total. The number of rotatable bonds is 3. The van der Waals surface area contributed by atoms with Gasteiger partial charge in [-0.3, -0.25) is 0 Å². The Morgan fingerprint density at radius 2 is 2.45 bits per heavy atom. The van der Waals surface area contributed by atoms with Crippen LogP contribution in [0.15, 0.2) is 23.2 Å². The second kappa shape index (κ2) is 4.23. The minimum atomic E-state index is 0.671. The maximum atomic E-state index is 5.30. The summed E-state index contributed by atoms with van der Waals surface area (Å²) in [5.41, 5.74) is 0. The Morgan fingerprint density at radius 1 is 1.64 bits per heavy atom. The summed E-state index contributed by atoms with van der Waals surface area (Å²) in [4.78, 5) is 5.19. The molecule has 0 aliphatic rings. The normalized spacial score (nSPS) is 9.64. The van der Waals surface area contributed by atoms with E-state index in [1.54, 1.807) is 18.0 Å². The monoisotopic (exact) mass is 169 g/mol. The molecule has 1 rings (SSSR count). The highest BCUT2D eigenvalue weighted by molar-refractivity contribution is 7.98. The van der Waals surface area contributed by atoms with Crippen LogP contribution in [0.5, 0.6) is 5.88 Å². The van der Waals surface area contributed by atoms with Crippen LogP contribution in [-0.4, -0.2) is 17.8 Å². The van der Waals surface area contributed by atoms with E-state index >= 15 is 0 Å². The maximum absolute atomic E-state index is 5.30. The first-order valence-corrected chi connectivity index (χ1v) is 4.72. The SMILES string of the molecule is CCOc1ncccc1SC. The van der Waals surface area contributed by atoms with Crippen LogP contribution in [0.4, 0.5) is 0 Å². The number of hydrogen-bond donors (Lipinski definition) is 0. The van der Waals surface area contributed by atoms with Crippen molar-refractivity contribution in [2.45, 2.75) is 11.8 Å². The molecule has 0 aliphatic heterocycles. The number of thioether (sulfide) groups is 1. The smallest absolute Gasteiger partial charge is 0.227 e. The van der Waals surface area contributed by atoms with Crippen molar-refractivity contribution in [1.82, 2.24) is 4.98 Å². The highest BCUT2D eigenvalue weighted by atomic mass is 32.2. The van der Waals surface area contributed by atoms with E-state index in [4.69, 9.17) is 4.74 Å². The molecule has 0 amide bonds. The predicted molar refractivity (Wildman–Crippen MR) is 47.2 cm³/mol. The molecule has 0 saturated heterocycles. The fraction of sp³-hybridized carbons (Fsp3) is 0.375. The molecule has 1 aromatic rings. The summed E-state index contributed by atoms with van der Waals surface area (Å²) < 4.78 is 5.30. The first-order valence-electron chi connectivity index (χ1n) is 3.50. The Hall–Kier alpha value is -0.700. The summed E-state index contributed by atoms with van der Waals surface area (Å²) in [6, 6.07) is 3.91. The van der Waals surface area contributed by atoms with Crippen LogP contribution in [0.1, 0.15) is 6.92 Å². The Morgan fingerprint density at radius 3 is 3.09 bits per heavy atom. The lowest BCUT2D eigenvalue weighted by Gasteiger charge is -2.04. The van der Waals surface area contributed by atoms with E-state index in [1.165, 1.54) is 0 Å². The summed E-state index contributed by atoms with van der Waals surface area (Å²) in [6.07, 6.45) is 3.75. The van der Waals surface area contributed by atoms with Gasteiger partial charge >= 0.3 is 0 Å². The fourth-order valence-electron chi connectivity index (χ4n) is 0.777. The average Bonchev–Trinajstić information content (AvgIpc) is 2.06. The van der Waals surface area contributed by atoms with E-state index in [0.717, 1.165) is 10.8 Å². The number of aromatic nitrogens is 1. The summed E-state index contributed by atoms with van der Waals surface area (Å²) >= 11 is 1.65. The van der Waals surface area contributed by atoms with Crippen molar-refractivity contribution in [3.05, 3.63) is 18.3 Å². The number of ether oxygens (including phenoxy) is 1. The first-order chi connectivity index (χ1) is 5.38. The number of nitrogens with zero attached hydrogens (tertiary/aromatic N) is 1. The summed E-state index contributed by atoms with van der Waals surface area (Å²) in [6.45, 7) is 2.63. The van der Waals surface area contributed by atoms with Crippen LogP contribution in [0, 0.1) is 0 Å². The van der Waals surface area contributed by atoms with Gasteiger partial charge < -0.3 is 4.74 Å². The zero-order valence-electron chi connectivity index (χ0n) is 6.70. The summed E-state index contributed by atoms with van der Waals surface area (Å²) in [7, 11) is 0. The molecule has 0 saturated carbocycles. The van der Waals surface area contributed by atoms with Gasteiger partial charge in [0.1, 0.15) is 0 Å². The Balaban J connectivity index is 2.83. The fourth-order valence-corrected chi connectivity index (χ4v) is 1.28. The van der Waals surface area contributed by atoms with Crippen molar-refractivity contribution in [3.63, 3.8) is 0 Å². The third kappa shape index (κ3) is 2.12. The van der Waals surface area contributed by atoms with Crippen molar-refractivity contribution >= 4 is 11.8 Å². The average molecular weight is 169 g/mol. The lowest BCUT2D eigenvalue weighted by molar-refractivity contribution is 0.318. The van der Waals surface area contributed by atoms with E-state index in [9.17, 15) is 0 Å². The molecule has 1 aromatic heterocycles. The lowest BCUT2D eigenvalue weighted by Crippen LogP contribution is -1.95. The van der Waals surface area contributed by atoms with Gasteiger partial charge in [0.2, 0.25) is 5.88 Å². The third-order valence-corrected chi connectivity index (χ3v) is 1.99. The Bertz CT molecular complexity index is 227. The van der Waals surface area contributed by atoms with Gasteiger partial charge in [0.25, 0.3) is 0 Å². The van der Waals surface area contributed by atoms with Crippen LogP contribution in [0.25, 0.3) is 0 Å². The van der Waals surface area contributed by atoms with Gasteiger partial charge in [0, 0.05) is 6.20 Å². The van der Waals surface area contributed by atoms with Gasteiger partial charge in [-0.05, 0) is 25.3 Å². The molecule has 0 aromatic carbocycles. The minimum Gasteiger partial charge on any atom is -0.477 e. The molecule has 0 unspecified atom stereocenters. The molecule has 0 bridgehead atoms. The molecular weight excluding hydrogens is 158 g/mol. The molecule has 0 N–H and O–H groups in total. The lowest BCUT2D eigenvalue weighted by atomic mass is 10.5. The molecule has 11 heavy (non-hydrogen) atoms. The molecule has 1 heterocycles. The minimum absolute atomic E-state index is 0.671. The number of pyridine rings is 1. The third-order valence-electron chi connectivity index (χ3n) is 1.24. The maximum Gasteiger partial charge on any atom is 0.227 e. The van der Waals surface area contributed by atoms with E-state index in [0.29, 0.717) is 6.61 Å². The standard InChI is InChI=1S/C8H11NOS/c1-3-10-8-7(11-2)5-4-6-9-8/h4-6H,3H2,1-2H3. The van der Waals surface area contributed by atoms with Crippen molar-refractivity contribution in [1.29, 1.82) is 0 Å². The zero-order chi connectivity index (χ0) is 8.10. The molecular formula is C8H11NOS. The van der Waals surface area contributed by atoms with Gasteiger partial charge in [0.15, 0.2) is 0 Å². The van der Waals surface area contributed by atoms with Crippen LogP contribution in [0.3, 0.4) is 0 Å². The summed E-state index contributed by atoms with van der Waals surface area (Å²) in [5, 5.41) is 0. The van der Waals surface area contributed by atoms with E-state index in [2.05, 4.69) is 4.98 Å². The zero-order valence-corrected chi connectivity index (χ0v) is 7.52. The largest absolute Gasteiger partial charge is 0.477 e. The topological polar surface area (TPSA) is 22.1 Å². The van der Waals surface area contributed by atoms with E-state index < -0.39 is 0 Å². The van der Waals surface area contributed by atoms with Gasteiger partial charge in [-0.2, -0.15) is 0 Å². The van der Waals surface area contributed by atoms with Crippen molar-refractivity contribution in [2.24, 2.45) is 0 Å². The van der Waals surface area contributed by atoms with Gasteiger partial charge in [-0.25, -0.2) is 4.98 Å². The van der Waals surface area contributed by atoms with Gasteiger partial charge in [0.05, 0.1) is 11.5 Å². The van der Waals surface area contributed by atoms with Crippen LogP contribution >= 0.6 is 11.8 Å². The second-order valence-corrected chi connectivity index (χ2v) is 2.79. The van der Waals surface area contributed by atoms with Crippen LogP contribution in [-0.2, 0) is 0 Å². The van der Waals surface area contributed by atoms with Crippen LogP contribution in [0.2, 0.25) is 0 Å². The van der Waals surface area contributed by atoms with Crippen molar-refractivity contribution in [2.75, 3.05) is 12.9 Å². The van der Waals surface area contributed by atoms with Crippen molar-refractivity contribution in [3.8, 4) is 5.88 Å². The Labute approximate surface area is 71.0 Å².